The van der Waals surface area contributed by atoms with Crippen molar-refractivity contribution in [3.8, 4) is 0 Å². The van der Waals surface area contributed by atoms with Crippen LogP contribution in [0.3, 0.4) is 0 Å². The standard InChI is InChI=1S/C19H30FN/c1-3-12-21-19(16-8-6-4-5-7-9-16)14-17-13-18(20)11-10-15(17)2/h10-11,13,16,19,21H,3-9,12,14H2,1-2H3. The molecule has 1 aliphatic carbocycles. The third-order valence-corrected chi connectivity index (χ3v) is 4.88. The molecule has 0 amide bonds. The maximum Gasteiger partial charge on any atom is 0.123 e. The van der Waals surface area contributed by atoms with Gasteiger partial charge in [0, 0.05) is 6.04 Å². The predicted molar refractivity (Wildman–Crippen MR) is 88.1 cm³/mol. The molecule has 1 aromatic rings. The van der Waals surface area contributed by atoms with E-state index in [4.69, 9.17) is 0 Å². The van der Waals surface area contributed by atoms with Crippen molar-refractivity contribution in [1.29, 1.82) is 0 Å². The van der Waals surface area contributed by atoms with E-state index in [1.54, 1.807) is 12.1 Å². The van der Waals surface area contributed by atoms with E-state index in [1.165, 1.54) is 49.7 Å². The quantitative estimate of drug-likeness (QED) is 0.726. The van der Waals surface area contributed by atoms with Crippen LogP contribution in [0.2, 0.25) is 0 Å². The van der Waals surface area contributed by atoms with Crippen LogP contribution < -0.4 is 5.32 Å². The molecule has 2 heteroatoms. The second-order valence-corrected chi connectivity index (χ2v) is 6.59. The molecule has 0 spiro atoms. The van der Waals surface area contributed by atoms with Crippen LogP contribution in [0.15, 0.2) is 18.2 Å². The average molecular weight is 291 g/mol. The normalized spacial score (nSPS) is 18.4. The Bertz CT molecular complexity index is 422. The van der Waals surface area contributed by atoms with E-state index in [0.717, 1.165) is 25.3 Å². The molecule has 21 heavy (non-hydrogen) atoms. The fraction of sp³-hybridized carbons (Fsp3) is 0.684. The molecule has 0 aromatic heterocycles. The first-order valence-electron chi connectivity index (χ1n) is 8.69. The zero-order valence-corrected chi connectivity index (χ0v) is 13.6. The summed E-state index contributed by atoms with van der Waals surface area (Å²) < 4.78 is 13.5. The average Bonchev–Trinajstić information content (AvgIpc) is 2.76. The maximum atomic E-state index is 13.5. The summed E-state index contributed by atoms with van der Waals surface area (Å²) in [7, 11) is 0. The number of hydrogen-bond acceptors (Lipinski definition) is 1. The Labute approximate surface area is 129 Å². The van der Waals surface area contributed by atoms with E-state index in [1.807, 2.05) is 6.07 Å². The van der Waals surface area contributed by atoms with Gasteiger partial charge >= 0.3 is 0 Å². The van der Waals surface area contributed by atoms with Gasteiger partial charge < -0.3 is 5.32 Å². The lowest BCUT2D eigenvalue weighted by atomic mass is 9.86. The minimum atomic E-state index is -0.106. The lowest BCUT2D eigenvalue weighted by molar-refractivity contribution is 0.317. The van der Waals surface area contributed by atoms with Crippen LogP contribution in [0.1, 0.15) is 63.0 Å². The molecule has 0 heterocycles. The fourth-order valence-electron chi connectivity index (χ4n) is 3.55. The van der Waals surface area contributed by atoms with Gasteiger partial charge in [-0.3, -0.25) is 0 Å². The van der Waals surface area contributed by atoms with E-state index in [2.05, 4.69) is 19.2 Å². The number of nitrogens with one attached hydrogen (secondary N) is 1. The molecular formula is C19H30FN. The van der Waals surface area contributed by atoms with Gasteiger partial charge in [0.25, 0.3) is 0 Å². The first-order chi connectivity index (χ1) is 10.2. The second kappa shape index (κ2) is 8.53. The monoisotopic (exact) mass is 291 g/mol. The molecule has 0 bridgehead atoms. The second-order valence-electron chi connectivity index (χ2n) is 6.59. The van der Waals surface area contributed by atoms with E-state index < -0.39 is 0 Å². The molecule has 1 N–H and O–H groups in total. The van der Waals surface area contributed by atoms with Crippen molar-refractivity contribution >= 4 is 0 Å². The van der Waals surface area contributed by atoms with Crippen LogP contribution in [0, 0.1) is 18.7 Å². The molecule has 1 aromatic carbocycles. The van der Waals surface area contributed by atoms with Crippen LogP contribution in [-0.4, -0.2) is 12.6 Å². The van der Waals surface area contributed by atoms with Gasteiger partial charge in [0.2, 0.25) is 0 Å². The van der Waals surface area contributed by atoms with E-state index in [-0.39, 0.29) is 5.82 Å². The number of rotatable bonds is 6. The smallest absolute Gasteiger partial charge is 0.123 e. The molecule has 1 fully saturated rings. The number of aryl methyl sites for hydroxylation is 1. The van der Waals surface area contributed by atoms with Crippen molar-refractivity contribution in [2.45, 2.75) is 71.3 Å². The number of hydrogen-bond donors (Lipinski definition) is 1. The molecule has 1 atom stereocenters. The first kappa shape index (κ1) is 16.5. The van der Waals surface area contributed by atoms with Gasteiger partial charge in [0.15, 0.2) is 0 Å². The number of benzene rings is 1. The number of halogens is 1. The van der Waals surface area contributed by atoms with Crippen molar-refractivity contribution in [1.82, 2.24) is 5.32 Å². The summed E-state index contributed by atoms with van der Waals surface area (Å²) >= 11 is 0. The molecule has 1 unspecified atom stereocenters. The van der Waals surface area contributed by atoms with Gasteiger partial charge in [-0.2, -0.15) is 0 Å². The SMILES string of the molecule is CCCNC(Cc1cc(F)ccc1C)C1CCCCCC1. The Hall–Kier alpha value is -0.890. The largest absolute Gasteiger partial charge is 0.313 e. The fourth-order valence-corrected chi connectivity index (χ4v) is 3.55. The zero-order valence-electron chi connectivity index (χ0n) is 13.6. The minimum Gasteiger partial charge on any atom is -0.313 e. The topological polar surface area (TPSA) is 12.0 Å². The van der Waals surface area contributed by atoms with Gasteiger partial charge in [-0.25, -0.2) is 4.39 Å². The zero-order chi connectivity index (χ0) is 15.1. The Balaban J connectivity index is 2.08. The van der Waals surface area contributed by atoms with Crippen molar-refractivity contribution in [3.05, 3.63) is 35.1 Å². The predicted octanol–water partition coefficient (Wildman–Crippen LogP) is 5.02. The van der Waals surface area contributed by atoms with Gasteiger partial charge in [0.1, 0.15) is 5.82 Å². The van der Waals surface area contributed by atoms with Crippen molar-refractivity contribution in [2.75, 3.05) is 6.54 Å². The lowest BCUT2D eigenvalue weighted by Crippen LogP contribution is -2.38. The molecule has 118 valence electrons. The Kier molecular flexibility index (Phi) is 6.69. The third-order valence-electron chi connectivity index (χ3n) is 4.88. The summed E-state index contributed by atoms with van der Waals surface area (Å²) in [4.78, 5) is 0. The molecule has 0 radical (unpaired) electrons. The van der Waals surface area contributed by atoms with E-state index in [0.29, 0.717) is 6.04 Å². The Morgan fingerprint density at radius 3 is 2.57 bits per heavy atom. The maximum absolute atomic E-state index is 13.5. The van der Waals surface area contributed by atoms with Crippen LogP contribution in [0.25, 0.3) is 0 Å². The summed E-state index contributed by atoms with van der Waals surface area (Å²) in [6.45, 7) is 5.37. The first-order valence-corrected chi connectivity index (χ1v) is 8.69. The highest BCUT2D eigenvalue weighted by Gasteiger charge is 2.23. The summed E-state index contributed by atoms with van der Waals surface area (Å²) in [6.07, 6.45) is 10.3. The van der Waals surface area contributed by atoms with Crippen LogP contribution in [-0.2, 0) is 6.42 Å². The molecule has 1 aliphatic rings. The highest BCUT2D eigenvalue weighted by Crippen LogP contribution is 2.28. The van der Waals surface area contributed by atoms with E-state index in [9.17, 15) is 4.39 Å². The Morgan fingerprint density at radius 1 is 1.19 bits per heavy atom. The van der Waals surface area contributed by atoms with Crippen LogP contribution in [0.5, 0.6) is 0 Å². The minimum absolute atomic E-state index is 0.106. The van der Waals surface area contributed by atoms with Crippen molar-refractivity contribution < 1.29 is 4.39 Å². The highest BCUT2D eigenvalue weighted by molar-refractivity contribution is 5.27. The van der Waals surface area contributed by atoms with Crippen LogP contribution in [0.4, 0.5) is 4.39 Å². The molecule has 0 saturated heterocycles. The van der Waals surface area contributed by atoms with Gasteiger partial charge in [-0.05, 0) is 68.3 Å². The summed E-state index contributed by atoms with van der Waals surface area (Å²) in [5, 5.41) is 3.74. The van der Waals surface area contributed by atoms with Gasteiger partial charge in [-0.1, -0.05) is 38.7 Å². The molecule has 0 aliphatic heterocycles. The molecule has 1 saturated carbocycles. The third kappa shape index (κ3) is 5.10. The Morgan fingerprint density at radius 2 is 1.90 bits per heavy atom. The summed E-state index contributed by atoms with van der Waals surface area (Å²) in [6, 6.07) is 5.71. The molecule has 2 rings (SSSR count). The van der Waals surface area contributed by atoms with Crippen molar-refractivity contribution in [2.24, 2.45) is 5.92 Å². The summed E-state index contributed by atoms with van der Waals surface area (Å²) in [5.74, 6) is 0.646. The van der Waals surface area contributed by atoms with Crippen molar-refractivity contribution in [3.63, 3.8) is 0 Å². The summed E-state index contributed by atoms with van der Waals surface area (Å²) in [5.41, 5.74) is 2.39. The lowest BCUT2D eigenvalue weighted by Gasteiger charge is -2.28. The van der Waals surface area contributed by atoms with Gasteiger partial charge in [-0.15, -0.1) is 0 Å². The molecular weight excluding hydrogens is 261 g/mol. The van der Waals surface area contributed by atoms with Crippen LogP contribution >= 0.6 is 0 Å². The highest BCUT2D eigenvalue weighted by atomic mass is 19.1. The van der Waals surface area contributed by atoms with Gasteiger partial charge in [0.05, 0.1) is 0 Å². The molecule has 1 nitrogen and oxygen atoms in total. The van der Waals surface area contributed by atoms with E-state index >= 15 is 0 Å².